The van der Waals surface area contributed by atoms with E-state index < -0.39 is 23.8 Å². The lowest BCUT2D eigenvalue weighted by atomic mass is 10.3. The Morgan fingerprint density at radius 3 is 2.68 bits per heavy atom. The summed E-state index contributed by atoms with van der Waals surface area (Å²) in [7, 11) is 0. The largest absolute Gasteiger partial charge is 0.447 e. The summed E-state index contributed by atoms with van der Waals surface area (Å²) in [6.45, 7) is 3.12. The quantitative estimate of drug-likeness (QED) is 0.455. The summed E-state index contributed by atoms with van der Waals surface area (Å²) in [6, 6.07) is 10.8. The molecule has 0 bridgehead atoms. The Balaban J connectivity index is 1.56. The van der Waals surface area contributed by atoms with Crippen molar-refractivity contribution in [2.45, 2.75) is 20.0 Å². The van der Waals surface area contributed by atoms with Crippen LogP contribution in [0, 0.1) is 12.7 Å². The van der Waals surface area contributed by atoms with Gasteiger partial charge in [0.15, 0.2) is 11.9 Å². The van der Waals surface area contributed by atoms with Gasteiger partial charge in [-0.2, -0.15) is 4.98 Å². The van der Waals surface area contributed by atoms with Crippen LogP contribution in [0.4, 0.5) is 10.3 Å². The minimum Gasteiger partial charge on any atom is -0.447 e. The van der Waals surface area contributed by atoms with Crippen molar-refractivity contribution in [3.63, 3.8) is 0 Å². The number of carbonyl (C=O) groups is 2. The number of nitrogens with one attached hydrogen (secondary N) is 1. The fourth-order valence-corrected chi connectivity index (χ4v) is 3.34. The average Bonchev–Trinajstić information content (AvgIpc) is 3.49. The molecular weight excluding hydrogens is 425 g/mol. The molecule has 0 spiro atoms. The minimum atomic E-state index is -1.14. The van der Waals surface area contributed by atoms with Gasteiger partial charge in [0.2, 0.25) is 5.88 Å². The summed E-state index contributed by atoms with van der Waals surface area (Å²) in [4.78, 5) is 29.9. The highest BCUT2D eigenvalue weighted by Crippen LogP contribution is 2.26. The molecule has 11 heteroatoms. The number of hydrogen-bond donors (Lipinski definition) is 1. The Hall–Kier alpha value is -3.86. The summed E-state index contributed by atoms with van der Waals surface area (Å²) in [5.74, 6) is -1.58. The molecule has 4 rings (SSSR count). The summed E-state index contributed by atoms with van der Waals surface area (Å²) in [6.07, 6.45) is -1.14. The number of hydrogen-bond acceptors (Lipinski definition) is 8. The number of rotatable bonds is 6. The van der Waals surface area contributed by atoms with E-state index in [1.807, 2.05) is 17.5 Å². The highest BCUT2D eigenvalue weighted by atomic mass is 32.1. The minimum absolute atomic E-state index is 0.143. The standard InChI is InChI=1S/C20H16FN5O4S/c1-11-10-16(30-25-11)22-19(27)12(2)29-20(28)17-23-18(15-4-3-9-31-15)26(24-17)14-7-5-13(21)6-8-14/h3-10,12H,1-2H3,(H,22,27). The molecule has 3 heterocycles. The van der Waals surface area contributed by atoms with E-state index in [2.05, 4.69) is 20.6 Å². The van der Waals surface area contributed by atoms with Crippen LogP contribution in [0.5, 0.6) is 0 Å². The number of thiophene rings is 1. The zero-order chi connectivity index (χ0) is 22.0. The fraction of sp³-hybridized carbons (Fsp3) is 0.150. The monoisotopic (exact) mass is 441 g/mol. The average molecular weight is 441 g/mol. The van der Waals surface area contributed by atoms with Crippen LogP contribution in [0.1, 0.15) is 23.2 Å². The molecule has 1 unspecified atom stereocenters. The molecule has 0 saturated carbocycles. The Morgan fingerprint density at radius 1 is 1.26 bits per heavy atom. The zero-order valence-electron chi connectivity index (χ0n) is 16.4. The molecule has 9 nitrogen and oxygen atoms in total. The van der Waals surface area contributed by atoms with Gasteiger partial charge >= 0.3 is 5.97 Å². The van der Waals surface area contributed by atoms with E-state index >= 15 is 0 Å². The van der Waals surface area contributed by atoms with E-state index in [4.69, 9.17) is 9.26 Å². The van der Waals surface area contributed by atoms with Crippen molar-refractivity contribution >= 4 is 29.1 Å². The van der Waals surface area contributed by atoms with Crippen LogP contribution in [-0.4, -0.2) is 37.9 Å². The predicted octanol–water partition coefficient (Wildman–Crippen LogP) is 3.62. The lowest BCUT2D eigenvalue weighted by Crippen LogP contribution is -2.30. The number of aryl methyl sites for hydroxylation is 1. The lowest BCUT2D eigenvalue weighted by Gasteiger charge is -2.10. The van der Waals surface area contributed by atoms with Crippen LogP contribution < -0.4 is 5.32 Å². The smallest absolute Gasteiger partial charge is 0.379 e. The Labute approximate surface area is 179 Å². The van der Waals surface area contributed by atoms with Crippen LogP contribution in [0.25, 0.3) is 16.4 Å². The van der Waals surface area contributed by atoms with Crippen molar-refractivity contribution < 1.29 is 23.2 Å². The number of aromatic nitrogens is 4. The van der Waals surface area contributed by atoms with E-state index in [1.165, 1.54) is 53.3 Å². The summed E-state index contributed by atoms with van der Waals surface area (Å²) >= 11 is 1.41. The predicted molar refractivity (Wildman–Crippen MR) is 109 cm³/mol. The molecule has 0 fully saturated rings. The van der Waals surface area contributed by atoms with E-state index in [1.54, 1.807) is 6.92 Å². The number of nitrogens with zero attached hydrogens (tertiary/aromatic N) is 4. The second-order valence-corrected chi connectivity index (χ2v) is 7.44. The second-order valence-electron chi connectivity index (χ2n) is 6.49. The van der Waals surface area contributed by atoms with Crippen LogP contribution >= 0.6 is 11.3 Å². The third-order valence-corrected chi connectivity index (χ3v) is 5.00. The molecule has 1 aromatic carbocycles. The molecular formula is C20H16FN5O4S. The maximum atomic E-state index is 13.3. The fourth-order valence-electron chi connectivity index (χ4n) is 2.64. The van der Waals surface area contributed by atoms with E-state index in [0.717, 1.165) is 4.88 Å². The summed E-state index contributed by atoms with van der Waals surface area (Å²) in [5.41, 5.74) is 1.11. The third-order valence-electron chi connectivity index (χ3n) is 4.13. The maximum Gasteiger partial charge on any atom is 0.379 e. The first-order valence-electron chi connectivity index (χ1n) is 9.13. The van der Waals surface area contributed by atoms with Crippen molar-refractivity contribution in [3.8, 4) is 16.4 Å². The molecule has 4 aromatic rings. The summed E-state index contributed by atoms with van der Waals surface area (Å²) < 4.78 is 24.9. The molecule has 0 radical (unpaired) electrons. The Morgan fingerprint density at radius 2 is 2.03 bits per heavy atom. The summed E-state index contributed by atoms with van der Waals surface area (Å²) in [5, 5.41) is 12.2. The molecule has 158 valence electrons. The van der Waals surface area contributed by atoms with Gasteiger partial charge in [-0.05, 0) is 49.6 Å². The van der Waals surface area contributed by atoms with E-state index in [0.29, 0.717) is 17.2 Å². The molecule has 0 saturated heterocycles. The van der Waals surface area contributed by atoms with Gasteiger partial charge in [0, 0.05) is 6.07 Å². The van der Waals surface area contributed by atoms with Gasteiger partial charge in [0.1, 0.15) is 5.82 Å². The number of esters is 1. The molecule has 3 aromatic heterocycles. The Bertz CT molecular complexity index is 1220. The van der Waals surface area contributed by atoms with Crippen LogP contribution in [0.2, 0.25) is 0 Å². The van der Waals surface area contributed by atoms with Gasteiger partial charge in [-0.15, -0.1) is 16.4 Å². The number of halogens is 1. The first-order valence-corrected chi connectivity index (χ1v) is 10.0. The Kier molecular flexibility index (Phi) is 5.58. The molecule has 1 atom stereocenters. The number of ether oxygens (including phenoxy) is 1. The van der Waals surface area contributed by atoms with Crippen molar-refractivity contribution in [1.82, 2.24) is 19.9 Å². The van der Waals surface area contributed by atoms with Crippen molar-refractivity contribution in [3.05, 3.63) is 65.2 Å². The molecule has 1 amide bonds. The molecule has 0 aliphatic carbocycles. The van der Waals surface area contributed by atoms with E-state index in [9.17, 15) is 14.0 Å². The molecule has 0 aliphatic heterocycles. The van der Waals surface area contributed by atoms with Crippen LogP contribution in [0.3, 0.4) is 0 Å². The van der Waals surface area contributed by atoms with Crippen molar-refractivity contribution in [2.24, 2.45) is 0 Å². The van der Waals surface area contributed by atoms with Crippen LogP contribution in [-0.2, 0) is 9.53 Å². The number of anilines is 1. The van der Waals surface area contributed by atoms with Crippen LogP contribution in [0.15, 0.2) is 52.4 Å². The number of carbonyl (C=O) groups excluding carboxylic acids is 2. The normalized spacial score (nSPS) is 11.8. The van der Waals surface area contributed by atoms with Gasteiger partial charge in [0.05, 0.1) is 16.3 Å². The van der Waals surface area contributed by atoms with Crippen molar-refractivity contribution in [2.75, 3.05) is 5.32 Å². The SMILES string of the molecule is Cc1cc(NC(=O)C(C)OC(=O)c2nc(-c3cccs3)n(-c3ccc(F)cc3)n2)on1. The molecule has 31 heavy (non-hydrogen) atoms. The maximum absolute atomic E-state index is 13.3. The van der Waals surface area contributed by atoms with Gasteiger partial charge in [-0.3, -0.25) is 10.1 Å². The molecule has 1 N–H and O–H groups in total. The van der Waals surface area contributed by atoms with Gasteiger partial charge < -0.3 is 9.26 Å². The molecule has 0 aliphatic rings. The van der Waals surface area contributed by atoms with E-state index in [-0.39, 0.29) is 11.7 Å². The van der Waals surface area contributed by atoms with Gasteiger partial charge in [0.25, 0.3) is 11.7 Å². The highest BCUT2D eigenvalue weighted by molar-refractivity contribution is 7.13. The lowest BCUT2D eigenvalue weighted by molar-refractivity contribution is -0.124. The van der Waals surface area contributed by atoms with Gasteiger partial charge in [-0.25, -0.2) is 13.9 Å². The third kappa shape index (κ3) is 4.51. The number of amides is 1. The van der Waals surface area contributed by atoms with Crippen molar-refractivity contribution in [1.29, 1.82) is 0 Å². The first-order chi connectivity index (χ1) is 14.9. The highest BCUT2D eigenvalue weighted by Gasteiger charge is 2.25. The second kappa shape index (κ2) is 8.48. The number of benzene rings is 1. The topological polar surface area (TPSA) is 112 Å². The van der Waals surface area contributed by atoms with Gasteiger partial charge in [-0.1, -0.05) is 11.2 Å². The zero-order valence-corrected chi connectivity index (χ0v) is 17.2. The first kappa shape index (κ1) is 20.4.